The van der Waals surface area contributed by atoms with Crippen LogP contribution in [0, 0.1) is 29.1 Å². The Bertz CT molecular complexity index is 1200. The average molecular weight is 672 g/mol. The molecule has 19 heteroatoms. The molecule has 0 saturated carbocycles. The number of carbonyl (C=O) groups is 2. The van der Waals surface area contributed by atoms with Crippen LogP contribution in [-0.4, -0.2) is 90.4 Å². The van der Waals surface area contributed by atoms with Crippen LogP contribution in [0.2, 0.25) is 0 Å². The summed E-state index contributed by atoms with van der Waals surface area (Å²) in [5.41, 5.74) is 0. The van der Waals surface area contributed by atoms with Crippen LogP contribution in [0.3, 0.4) is 0 Å². The summed E-state index contributed by atoms with van der Waals surface area (Å²) in [4.78, 5) is 23.2. The van der Waals surface area contributed by atoms with Crippen LogP contribution in [0.1, 0.15) is 12.8 Å². The minimum absolute atomic E-state index is 0.00125. The molecule has 2 rings (SSSR count). The number of alkyl halides is 2. The second kappa shape index (κ2) is 19.3. The zero-order valence-electron chi connectivity index (χ0n) is 23.1. The average Bonchev–Trinajstić information content (AvgIpc) is 3.02. The molecule has 0 amide bonds. The number of allylic oxidation sites excluding steroid dienone is 3. The molecule has 0 fully saturated rings. The molecule has 0 heterocycles. The number of carbonyl (C=O) groups excluding carboxylic acids is 2. The van der Waals surface area contributed by atoms with Crippen molar-refractivity contribution in [1.82, 2.24) is 0 Å². The van der Waals surface area contributed by atoms with Crippen LogP contribution in [0.5, 0.6) is 5.75 Å². The van der Waals surface area contributed by atoms with Crippen molar-refractivity contribution in [3.05, 3.63) is 52.3 Å². The molecular weight excluding hydrogens is 646 g/mol. The van der Waals surface area contributed by atoms with E-state index in [0.717, 1.165) is 0 Å². The zero-order valence-corrected chi connectivity index (χ0v) is 23.1. The van der Waals surface area contributed by atoms with Gasteiger partial charge in [0.2, 0.25) is 46.4 Å². The lowest BCUT2D eigenvalue weighted by Crippen LogP contribution is -2.26. The highest BCUT2D eigenvalue weighted by molar-refractivity contribution is 5.72. The van der Waals surface area contributed by atoms with E-state index in [1.54, 1.807) is 0 Å². The molecule has 9 nitrogen and oxygen atoms in total. The summed E-state index contributed by atoms with van der Waals surface area (Å²) in [6.45, 7) is 0.210. The van der Waals surface area contributed by atoms with Gasteiger partial charge in [0, 0.05) is 0 Å². The molecule has 0 bridgehead atoms. The van der Waals surface area contributed by atoms with Gasteiger partial charge in [0.25, 0.3) is 0 Å². The van der Waals surface area contributed by atoms with Crippen molar-refractivity contribution in [3.63, 3.8) is 0 Å². The predicted molar refractivity (Wildman–Crippen MR) is 128 cm³/mol. The maximum atomic E-state index is 13.6. The number of hydrogen-bond donors (Lipinski definition) is 0. The van der Waals surface area contributed by atoms with Crippen LogP contribution < -0.4 is 4.74 Å². The fraction of sp³-hybridized carbons (Fsp3) is 0.538. The first-order chi connectivity index (χ1) is 21.4. The first-order valence-electron chi connectivity index (χ1n) is 12.9. The van der Waals surface area contributed by atoms with Crippen molar-refractivity contribution in [2.75, 3.05) is 66.1 Å². The Morgan fingerprint density at radius 2 is 0.800 bits per heavy atom. The van der Waals surface area contributed by atoms with Gasteiger partial charge < -0.3 is 33.2 Å². The number of esters is 2. The fourth-order valence-corrected chi connectivity index (χ4v) is 3.11. The minimum Gasteiger partial charge on any atom is -0.420 e. The lowest BCUT2D eigenvalue weighted by atomic mass is 10.1. The van der Waals surface area contributed by atoms with Crippen molar-refractivity contribution < 1.29 is 86.7 Å². The van der Waals surface area contributed by atoms with Crippen molar-refractivity contribution in [1.29, 1.82) is 0 Å². The first kappa shape index (κ1) is 37.9. The van der Waals surface area contributed by atoms with Gasteiger partial charge in [-0.15, -0.1) is 0 Å². The molecule has 1 aromatic carbocycles. The fourth-order valence-electron chi connectivity index (χ4n) is 3.11. The highest BCUT2D eigenvalue weighted by atomic mass is 19.2. The van der Waals surface area contributed by atoms with Gasteiger partial charge in [0.05, 0.1) is 78.9 Å². The van der Waals surface area contributed by atoms with Crippen LogP contribution >= 0.6 is 0 Å². The molecule has 1 aliphatic carbocycles. The summed E-state index contributed by atoms with van der Waals surface area (Å²) in [6, 6.07) is 0. The normalized spacial score (nSPS) is 16.8. The van der Waals surface area contributed by atoms with Gasteiger partial charge in [0.15, 0.2) is 24.0 Å². The summed E-state index contributed by atoms with van der Waals surface area (Å²) in [5.74, 6) is -23.8. The molecule has 0 N–H and O–H groups in total. The Kier molecular flexibility index (Phi) is 16.3. The molecule has 0 aliphatic heterocycles. The molecule has 0 spiro atoms. The summed E-state index contributed by atoms with van der Waals surface area (Å²) in [6.07, 6.45) is -7.39. The Morgan fingerprint density at radius 3 is 1.22 bits per heavy atom. The molecular formula is C26H26F10O9. The summed E-state index contributed by atoms with van der Waals surface area (Å²) in [7, 11) is 0. The van der Waals surface area contributed by atoms with Gasteiger partial charge in [-0.25, -0.2) is 30.7 Å². The van der Waals surface area contributed by atoms with E-state index in [0.29, 0.717) is 0 Å². The predicted octanol–water partition coefficient (Wildman–Crippen LogP) is 4.72. The highest BCUT2D eigenvalue weighted by Crippen LogP contribution is 2.37. The van der Waals surface area contributed by atoms with E-state index in [1.807, 2.05) is 0 Å². The summed E-state index contributed by atoms with van der Waals surface area (Å²) in [5, 5.41) is 0. The zero-order chi connectivity index (χ0) is 33.5. The molecule has 0 radical (unpaired) electrons. The second-order valence-electron chi connectivity index (χ2n) is 8.55. The van der Waals surface area contributed by atoms with Crippen LogP contribution in [0.4, 0.5) is 43.9 Å². The molecule has 0 saturated heterocycles. The molecule has 45 heavy (non-hydrogen) atoms. The third-order valence-electron chi connectivity index (χ3n) is 5.36. The van der Waals surface area contributed by atoms with Gasteiger partial charge >= 0.3 is 11.9 Å². The molecule has 2 atom stereocenters. The highest BCUT2D eigenvalue weighted by Gasteiger charge is 2.42. The second-order valence-corrected chi connectivity index (χ2v) is 8.55. The maximum absolute atomic E-state index is 13.6. The summed E-state index contributed by atoms with van der Waals surface area (Å²) >= 11 is 0. The van der Waals surface area contributed by atoms with E-state index in [1.165, 1.54) is 0 Å². The van der Waals surface area contributed by atoms with Gasteiger partial charge in [-0.1, -0.05) is 0 Å². The van der Waals surface area contributed by atoms with Crippen molar-refractivity contribution >= 4 is 11.9 Å². The number of ether oxygens (including phenoxy) is 7. The van der Waals surface area contributed by atoms with Crippen molar-refractivity contribution in [3.8, 4) is 5.75 Å². The first-order valence-corrected chi connectivity index (χ1v) is 12.9. The van der Waals surface area contributed by atoms with Crippen molar-refractivity contribution in [2.45, 2.75) is 25.2 Å². The topological polar surface area (TPSA) is 98.8 Å². The Balaban J connectivity index is 1.40. The SMILES string of the molecule is O=C(CCOCCOCCOCCOCCOCCC(=O)Oc1c(F)c(F)c(F)c(F)c1F)OC1=C(F)C(F)C(F)C(F)=C1F. The Morgan fingerprint density at radius 1 is 0.467 bits per heavy atom. The van der Waals surface area contributed by atoms with Gasteiger partial charge in [-0.3, -0.25) is 9.59 Å². The Labute approximate surface area is 248 Å². The van der Waals surface area contributed by atoms with E-state index >= 15 is 0 Å². The van der Waals surface area contributed by atoms with E-state index in [9.17, 15) is 53.5 Å². The van der Waals surface area contributed by atoms with E-state index in [4.69, 9.17) is 23.7 Å². The molecule has 1 aromatic rings. The van der Waals surface area contributed by atoms with Gasteiger partial charge in [-0.2, -0.15) is 13.2 Å². The lowest BCUT2D eigenvalue weighted by Gasteiger charge is -2.19. The third kappa shape index (κ3) is 11.6. The molecule has 2 unspecified atom stereocenters. The minimum atomic E-state index is -3.17. The van der Waals surface area contributed by atoms with Crippen molar-refractivity contribution in [2.24, 2.45) is 0 Å². The molecule has 254 valence electrons. The van der Waals surface area contributed by atoms with Gasteiger partial charge in [-0.05, 0) is 0 Å². The molecule has 0 aromatic heterocycles. The third-order valence-corrected chi connectivity index (χ3v) is 5.36. The molecule has 1 aliphatic rings. The van der Waals surface area contributed by atoms with E-state index in [-0.39, 0.29) is 66.1 Å². The monoisotopic (exact) mass is 672 g/mol. The van der Waals surface area contributed by atoms with Gasteiger partial charge in [0.1, 0.15) is 0 Å². The number of benzene rings is 1. The number of rotatable bonds is 20. The van der Waals surface area contributed by atoms with E-state index < -0.39 is 95.2 Å². The largest absolute Gasteiger partial charge is 0.420 e. The Hall–Kier alpha value is -3.26. The smallest absolute Gasteiger partial charge is 0.313 e. The lowest BCUT2D eigenvalue weighted by molar-refractivity contribution is -0.141. The number of hydrogen-bond acceptors (Lipinski definition) is 9. The van der Waals surface area contributed by atoms with E-state index in [2.05, 4.69) is 9.47 Å². The van der Waals surface area contributed by atoms with Crippen LogP contribution in [0.25, 0.3) is 0 Å². The quantitative estimate of drug-likeness (QED) is 0.0487. The number of halogens is 10. The maximum Gasteiger partial charge on any atom is 0.313 e. The van der Waals surface area contributed by atoms with Crippen LogP contribution in [-0.2, 0) is 38.0 Å². The summed E-state index contributed by atoms with van der Waals surface area (Å²) < 4.78 is 167. The standard InChI is InChI=1S/C26H26F10O9/c27-15-17(29)21(33)25(22(34)18(15)30)44-13(37)1-3-39-5-7-41-9-11-43-12-10-42-8-6-40-4-2-14(38)45-26-23(35)19(31)16(28)20(32)24(26)36/h15,17H,1-12H2. The van der Waals surface area contributed by atoms with Crippen LogP contribution in [0.15, 0.2) is 23.2 Å².